The van der Waals surface area contributed by atoms with E-state index in [1.165, 1.54) is 18.2 Å². The van der Waals surface area contributed by atoms with Crippen molar-refractivity contribution in [2.45, 2.75) is 33.1 Å². The number of aryl methyl sites for hydroxylation is 1. The van der Waals surface area contributed by atoms with E-state index in [2.05, 4.69) is 25.7 Å². The number of rotatable bonds is 8. The lowest BCUT2D eigenvalue weighted by atomic mass is 9.98. The zero-order chi connectivity index (χ0) is 20.0. The summed E-state index contributed by atoms with van der Waals surface area (Å²) in [5, 5.41) is 13.9. The smallest absolute Gasteiger partial charge is 0.269 e. The van der Waals surface area contributed by atoms with Gasteiger partial charge in [0.25, 0.3) is 11.6 Å². The Kier molecular flexibility index (Phi) is 6.71. The standard InChI is InChI=1S/C21H24N2O4/c1-5-7-16-12-17(23(25)26)10-11-19(16)27-13-20(24)22-21-15(4)8-6-9-18(21)14(2)3/h5-6,8-12,14H,1,7,13H2,2-4H3,(H,22,24). The van der Waals surface area contributed by atoms with Crippen LogP contribution in [0, 0.1) is 17.0 Å². The summed E-state index contributed by atoms with van der Waals surface area (Å²) >= 11 is 0. The van der Waals surface area contributed by atoms with Crippen LogP contribution >= 0.6 is 0 Å². The van der Waals surface area contributed by atoms with Crippen LogP contribution in [-0.2, 0) is 11.2 Å². The molecule has 0 aliphatic heterocycles. The van der Waals surface area contributed by atoms with Gasteiger partial charge in [-0.1, -0.05) is 38.1 Å². The molecule has 2 aromatic rings. The number of hydrogen-bond acceptors (Lipinski definition) is 4. The molecule has 6 heteroatoms. The molecular weight excluding hydrogens is 344 g/mol. The molecule has 0 aromatic heterocycles. The summed E-state index contributed by atoms with van der Waals surface area (Å²) in [5.41, 5.74) is 3.44. The zero-order valence-electron chi connectivity index (χ0n) is 15.8. The molecule has 27 heavy (non-hydrogen) atoms. The highest BCUT2D eigenvalue weighted by Gasteiger charge is 2.15. The normalized spacial score (nSPS) is 10.5. The van der Waals surface area contributed by atoms with Crippen LogP contribution < -0.4 is 10.1 Å². The van der Waals surface area contributed by atoms with Gasteiger partial charge in [0, 0.05) is 23.4 Å². The van der Waals surface area contributed by atoms with E-state index < -0.39 is 4.92 Å². The number of hydrogen-bond donors (Lipinski definition) is 1. The Hall–Kier alpha value is -3.15. The molecule has 0 spiro atoms. The molecule has 0 radical (unpaired) electrons. The number of benzene rings is 2. The van der Waals surface area contributed by atoms with Crippen molar-refractivity contribution in [2.75, 3.05) is 11.9 Å². The third-order valence-corrected chi connectivity index (χ3v) is 4.17. The van der Waals surface area contributed by atoms with Crippen LogP contribution in [-0.4, -0.2) is 17.4 Å². The number of carbonyl (C=O) groups is 1. The molecule has 0 unspecified atom stereocenters. The first-order valence-electron chi connectivity index (χ1n) is 8.73. The number of nitrogens with zero attached hydrogens (tertiary/aromatic N) is 1. The third-order valence-electron chi connectivity index (χ3n) is 4.17. The van der Waals surface area contributed by atoms with Gasteiger partial charge in [-0.15, -0.1) is 6.58 Å². The van der Waals surface area contributed by atoms with Crippen LogP contribution in [0.25, 0.3) is 0 Å². The first kappa shape index (κ1) is 20.2. The monoisotopic (exact) mass is 368 g/mol. The summed E-state index contributed by atoms with van der Waals surface area (Å²) in [7, 11) is 0. The first-order valence-corrected chi connectivity index (χ1v) is 8.73. The Morgan fingerprint density at radius 3 is 2.70 bits per heavy atom. The van der Waals surface area contributed by atoms with Gasteiger partial charge >= 0.3 is 0 Å². The van der Waals surface area contributed by atoms with Gasteiger partial charge in [0.1, 0.15) is 5.75 Å². The molecule has 0 fully saturated rings. The van der Waals surface area contributed by atoms with Gasteiger partial charge < -0.3 is 10.1 Å². The largest absolute Gasteiger partial charge is 0.483 e. The van der Waals surface area contributed by atoms with E-state index >= 15 is 0 Å². The molecule has 1 amide bonds. The summed E-state index contributed by atoms with van der Waals surface area (Å²) < 4.78 is 5.62. The number of carbonyl (C=O) groups excluding carboxylic acids is 1. The highest BCUT2D eigenvalue weighted by molar-refractivity contribution is 5.93. The second-order valence-corrected chi connectivity index (χ2v) is 6.57. The number of non-ortho nitro benzene ring substituents is 1. The lowest BCUT2D eigenvalue weighted by molar-refractivity contribution is -0.384. The zero-order valence-corrected chi connectivity index (χ0v) is 15.8. The maximum atomic E-state index is 12.4. The van der Waals surface area contributed by atoms with Crippen molar-refractivity contribution in [3.05, 3.63) is 75.9 Å². The average Bonchev–Trinajstić information content (AvgIpc) is 2.62. The fraction of sp³-hybridized carbons (Fsp3) is 0.286. The van der Waals surface area contributed by atoms with Gasteiger partial charge in [0.15, 0.2) is 6.61 Å². The Labute approximate surface area is 159 Å². The summed E-state index contributed by atoms with van der Waals surface area (Å²) in [6.07, 6.45) is 2.04. The van der Waals surface area contributed by atoms with Crippen LogP contribution in [0.2, 0.25) is 0 Å². The highest BCUT2D eigenvalue weighted by atomic mass is 16.6. The van der Waals surface area contributed by atoms with E-state index in [0.717, 1.165) is 16.8 Å². The quantitative estimate of drug-likeness (QED) is 0.413. The molecule has 0 aliphatic carbocycles. The minimum Gasteiger partial charge on any atom is -0.483 e. The number of amides is 1. The summed E-state index contributed by atoms with van der Waals surface area (Å²) in [4.78, 5) is 22.9. The second-order valence-electron chi connectivity index (χ2n) is 6.57. The van der Waals surface area contributed by atoms with E-state index in [1.54, 1.807) is 6.08 Å². The summed E-state index contributed by atoms with van der Waals surface area (Å²) in [6.45, 7) is 9.55. The van der Waals surface area contributed by atoms with Gasteiger partial charge in [-0.05, 0) is 36.5 Å². The van der Waals surface area contributed by atoms with Crippen molar-refractivity contribution in [1.29, 1.82) is 0 Å². The number of nitro benzene ring substituents is 1. The van der Waals surface area contributed by atoms with Crippen molar-refractivity contribution in [3.63, 3.8) is 0 Å². The van der Waals surface area contributed by atoms with Gasteiger partial charge in [-0.3, -0.25) is 14.9 Å². The summed E-state index contributed by atoms with van der Waals surface area (Å²) in [6, 6.07) is 10.2. The molecule has 0 bridgehead atoms. The van der Waals surface area contributed by atoms with Gasteiger partial charge in [0.05, 0.1) is 4.92 Å². The van der Waals surface area contributed by atoms with Crippen molar-refractivity contribution in [1.82, 2.24) is 0 Å². The lowest BCUT2D eigenvalue weighted by Crippen LogP contribution is -2.22. The van der Waals surface area contributed by atoms with Crippen LogP contribution in [0.4, 0.5) is 11.4 Å². The maximum absolute atomic E-state index is 12.4. The fourth-order valence-corrected chi connectivity index (χ4v) is 2.80. The predicted molar refractivity (Wildman–Crippen MR) is 106 cm³/mol. The van der Waals surface area contributed by atoms with E-state index in [1.807, 2.05) is 25.1 Å². The van der Waals surface area contributed by atoms with Crippen LogP contribution in [0.3, 0.4) is 0 Å². The molecule has 6 nitrogen and oxygen atoms in total. The molecule has 2 aromatic carbocycles. The molecular formula is C21H24N2O4. The van der Waals surface area contributed by atoms with E-state index in [-0.39, 0.29) is 24.1 Å². The van der Waals surface area contributed by atoms with Gasteiger partial charge in [-0.2, -0.15) is 0 Å². The molecule has 0 atom stereocenters. The Morgan fingerprint density at radius 2 is 2.07 bits per heavy atom. The Bertz CT molecular complexity index is 859. The minimum atomic E-state index is -0.464. The van der Waals surface area contributed by atoms with Gasteiger partial charge in [0.2, 0.25) is 0 Å². The molecule has 0 heterocycles. The maximum Gasteiger partial charge on any atom is 0.269 e. The number of nitrogens with one attached hydrogen (secondary N) is 1. The number of anilines is 1. The van der Waals surface area contributed by atoms with E-state index in [9.17, 15) is 14.9 Å². The van der Waals surface area contributed by atoms with Crippen molar-refractivity contribution in [2.24, 2.45) is 0 Å². The minimum absolute atomic E-state index is 0.0230. The molecule has 1 N–H and O–H groups in total. The van der Waals surface area contributed by atoms with Crippen molar-refractivity contribution < 1.29 is 14.5 Å². The Balaban J connectivity index is 2.12. The third kappa shape index (κ3) is 5.17. The van der Waals surface area contributed by atoms with Crippen molar-refractivity contribution in [3.8, 4) is 5.75 Å². The fourth-order valence-electron chi connectivity index (χ4n) is 2.80. The molecule has 0 saturated carbocycles. The number of para-hydroxylation sites is 1. The Morgan fingerprint density at radius 1 is 1.33 bits per heavy atom. The van der Waals surface area contributed by atoms with E-state index in [4.69, 9.17) is 4.74 Å². The molecule has 2 rings (SSSR count). The van der Waals surface area contributed by atoms with Crippen LogP contribution in [0.5, 0.6) is 5.75 Å². The van der Waals surface area contributed by atoms with E-state index in [0.29, 0.717) is 17.7 Å². The highest BCUT2D eigenvalue weighted by Crippen LogP contribution is 2.28. The number of allylic oxidation sites excluding steroid dienone is 1. The first-order chi connectivity index (χ1) is 12.8. The number of nitro groups is 1. The summed E-state index contributed by atoms with van der Waals surface area (Å²) in [5.74, 6) is 0.425. The second kappa shape index (κ2) is 8.98. The molecule has 142 valence electrons. The molecule has 0 aliphatic rings. The van der Waals surface area contributed by atoms with Crippen LogP contribution in [0.15, 0.2) is 49.1 Å². The average molecular weight is 368 g/mol. The van der Waals surface area contributed by atoms with Crippen LogP contribution in [0.1, 0.15) is 36.5 Å². The SMILES string of the molecule is C=CCc1cc([N+](=O)[O-])ccc1OCC(=O)Nc1c(C)cccc1C(C)C. The van der Waals surface area contributed by atoms with Crippen molar-refractivity contribution >= 4 is 17.3 Å². The topological polar surface area (TPSA) is 81.5 Å². The predicted octanol–water partition coefficient (Wildman–Crippen LogP) is 4.77. The lowest BCUT2D eigenvalue weighted by Gasteiger charge is -2.17. The molecule has 0 saturated heterocycles. The number of ether oxygens (including phenoxy) is 1. The van der Waals surface area contributed by atoms with Gasteiger partial charge in [-0.25, -0.2) is 0 Å².